The Balaban J connectivity index is 2.80. The van der Waals surface area contributed by atoms with Gasteiger partial charge in [-0.25, -0.2) is 4.79 Å². The van der Waals surface area contributed by atoms with Crippen molar-refractivity contribution in [1.82, 2.24) is 10.1 Å². The number of carbonyl (C=O) groups excluding carboxylic acids is 1. The number of nitrogens with two attached hydrogens (primary N) is 1. The molecule has 0 unspecified atom stereocenters. The van der Waals surface area contributed by atoms with Crippen LogP contribution in [0, 0.1) is 0 Å². The average molecular weight is 157 g/mol. The molecular weight excluding hydrogens is 150 g/mol. The van der Waals surface area contributed by atoms with Crippen molar-refractivity contribution in [3.8, 4) is 0 Å². The number of nitrogens with zero attached hydrogens (tertiary/aromatic N) is 2. The first-order chi connectivity index (χ1) is 5.27. The molecule has 0 saturated heterocycles. The number of esters is 1. The number of rotatable bonds is 2. The van der Waals surface area contributed by atoms with Gasteiger partial charge in [-0.1, -0.05) is 0 Å². The van der Waals surface area contributed by atoms with Crippen LogP contribution in [0.1, 0.15) is 16.5 Å². The minimum Gasteiger partial charge on any atom is -0.463 e. The summed E-state index contributed by atoms with van der Waals surface area (Å²) in [6.45, 7) is 0.115. The van der Waals surface area contributed by atoms with Gasteiger partial charge in [0.05, 0.1) is 13.7 Å². The predicted octanol–water partition coefficient (Wildman–Crippen LogP) is -0.685. The molecule has 2 N–H and O–H groups in total. The van der Waals surface area contributed by atoms with Crippen molar-refractivity contribution in [2.45, 2.75) is 6.54 Å². The number of aromatic nitrogens is 2. The van der Waals surface area contributed by atoms with E-state index in [4.69, 9.17) is 5.73 Å². The fourth-order valence-electron chi connectivity index (χ4n) is 0.512. The molecule has 1 aromatic rings. The topological polar surface area (TPSA) is 91.2 Å². The van der Waals surface area contributed by atoms with Gasteiger partial charge in [-0.15, -0.1) is 0 Å². The van der Waals surface area contributed by atoms with Crippen molar-refractivity contribution < 1.29 is 14.1 Å². The second-order valence-electron chi connectivity index (χ2n) is 1.71. The van der Waals surface area contributed by atoms with Gasteiger partial charge in [0, 0.05) is 0 Å². The maximum absolute atomic E-state index is 10.7. The summed E-state index contributed by atoms with van der Waals surface area (Å²) in [5, 5.41) is 3.32. The molecule has 0 spiro atoms. The summed E-state index contributed by atoms with van der Waals surface area (Å²) in [6.07, 6.45) is 0. The van der Waals surface area contributed by atoms with E-state index in [1.807, 2.05) is 0 Å². The van der Waals surface area contributed by atoms with Crippen LogP contribution in [-0.4, -0.2) is 23.2 Å². The summed E-state index contributed by atoms with van der Waals surface area (Å²) >= 11 is 0. The molecule has 1 rings (SSSR count). The van der Waals surface area contributed by atoms with Crippen LogP contribution in [0.25, 0.3) is 0 Å². The highest BCUT2D eigenvalue weighted by atomic mass is 16.5. The molecule has 60 valence electrons. The highest BCUT2D eigenvalue weighted by molar-refractivity contribution is 5.84. The second kappa shape index (κ2) is 3.11. The monoisotopic (exact) mass is 157 g/mol. The van der Waals surface area contributed by atoms with Crippen LogP contribution in [0.15, 0.2) is 4.52 Å². The Bertz CT molecular complexity index is 257. The number of methoxy groups -OCH3 is 1. The van der Waals surface area contributed by atoms with E-state index in [-0.39, 0.29) is 18.3 Å². The maximum atomic E-state index is 10.7. The third kappa shape index (κ3) is 1.53. The molecule has 0 radical (unpaired) electrons. The first-order valence-electron chi connectivity index (χ1n) is 2.89. The van der Waals surface area contributed by atoms with Crippen LogP contribution < -0.4 is 5.73 Å². The lowest BCUT2D eigenvalue weighted by Gasteiger charge is -1.87. The zero-order valence-electron chi connectivity index (χ0n) is 5.90. The quantitative estimate of drug-likeness (QED) is 0.571. The highest BCUT2D eigenvalue weighted by Gasteiger charge is 2.13. The number of hydrogen-bond donors (Lipinski definition) is 1. The minimum atomic E-state index is -0.631. The Morgan fingerprint density at radius 1 is 1.82 bits per heavy atom. The Morgan fingerprint density at radius 2 is 2.55 bits per heavy atom. The zero-order valence-corrected chi connectivity index (χ0v) is 5.90. The van der Waals surface area contributed by atoms with Crippen LogP contribution in [0.3, 0.4) is 0 Å². The summed E-state index contributed by atoms with van der Waals surface area (Å²) in [5.74, 6) is -0.521. The summed E-state index contributed by atoms with van der Waals surface area (Å²) in [5.41, 5.74) is 5.16. The Kier molecular flexibility index (Phi) is 2.17. The van der Waals surface area contributed by atoms with E-state index < -0.39 is 5.97 Å². The third-order valence-corrected chi connectivity index (χ3v) is 1.01. The molecule has 0 aliphatic carbocycles. The van der Waals surface area contributed by atoms with E-state index in [0.29, 0.717) is 0 Å². The van der Waals surface area contributed by atoms with Gasteiger partial charge in [-0.3, -0.25) is 0 Å². The van der Waals surface area contributed by atoms with Gasteiger partial charge in [0.2, 0.25) is 5.89 Å². The smallest absolute Gasteiger partial charge is 0.379 e. The fraction of sp³-hybridized carbons (Fsp3) is 0.400. The largest absolute Gasteiger partial charge is 0.463 e. The normalized spacial score (nSPS) is 9.64. The van der Waals surface area contributed by atoms with E-state index >= 15 is 0 Å². The van der Waals surface area contributed by atoms with Crippen LogP contribution in [0.4, 0.5) is 0 Å². The fourth-order valence-corrected chi connectivity index (χ4v) is 0.512. The second-order valence-corrected chi connectivity index (χ2v) is 1.71. The van der Waals surface area contributed by atoms with E-state index in [2.05, 4.69) is 19.4 Å². The van der Waals surface area contributed by atoms with Crippen LogP contribution in [-0.2, 0) is 11.3 Å². The van der Waals surface area contributed by atoms with E-state index in [9.17, 15) is 4.79 Å². The molecule has 0 aliphatic heterocycles. The van der Waals surface area contributed by atoms with Crippen molar-refractivity contribution in [2.75, 3.05) is 7.11 Å². The first-order valence-corrected chi connectivity index (χ1v) is 2.89. The van der Waals surface area contributed by atoms with Crippen molar-refractivity contribution >= 4 is 5.97 Å². The molecule has 0 atom stereocenters. The summed E-state index contributed by atoms with van der Waals surface area (Å²) in [6, 6.07) is 0. The first kappa shape index (κ1) is 7.67. The number of hydrogen-bond acceptors (Lipinski definition) is 6. The molecule has 0 amide bonds. The van der Waals surface area contributed by atoms with Crippen molar-refractivity contribution in [2.24, 2.45) is 5.73 Å². The third-order valence-electron chi connectivity index (χ3n) is 1.01. The van der Waals surface area contributed by atoms with Gasteiger partial charge in [0.25, 0.3) is 5.82 Å². The molecule has 6 heteroatoms. The molecule has 6 nitrogen and oxygen atoms in total. The van der Waals surface area contributed by atoms with Crippen molar-refractivity contribution in [3.63, 3.8) is 0 Å². The Hall–Kier alpha value is -1.43. The Morgan fingerprint density at radius 3 is 3.00 bits per heavy atom. The van der Waals surface area contributed by atoms with Crippen LogP contribution in [0.2, 0.25) is 0 Å². The number of ether oxygens (including phenoxy) is 1. The molecule has 1 heterocycles. The lowest BCUT2D eigenvalue weighted by Crippen LogP contribution is -2.04. The predicted molar refractivity (Wildman–Crippen MR) is 33.5 cm³/mol. The zero-order chi connectivity index (χ0) is 8.27. The van der Waals surface area contributed by atoms with Gasteiger partial charge in [-0.2, -0.15) is 4.98 Å². The van der Waals surface area contributed by atoms with E-state index in [1.165, 1.54) is 7.11 Å². The van der Waals surface area contributed by atoms with Gasteiger partial charge < -0.3 is 15.0 Å². The van der Waals surface area contributed by atoms with Crippen LogP contribution >= 0.6 is 0 Å². The van der Waals surface area contributed by atoms with Crippen molar-refractivity contribution in [3.05, 3.63) is 11.7 Å². The molecular formula is C5H7N3O3. The molecule has 0 aliphatic rings. The van der Waals surface area contributed by atoms with E-state index in [0.717, 1.165) is 0 Å². The van der Waals surface area contributed by atoms with Gasteiger partial charge in [-0.05, 0) is 5.16 Å². The average Bonchev–Trinajstić information content (AvgIpc) is 2.50. The van der Waals surface area contributed by atoms with Gasteiger partial charge in [0.1, 0.15) is 0 Å². The molecule has 11 heavy (non-hydrogen) atoms. The van der Waals surface area contributed by atoms with Crippen molar-refractivity contribution in [1.29, 1.82) is 0 Å². The summed E-state index contributed by atoms with van der Waals surface area (Å²) in [7, 11) is 1.24. The molecule has 0 saturated carbocycles. The lowest BCUT2D eigenvalue weighted by molar-refractivity contribution is 0.0583. The summed E-state index contributed by atoms with van der Waals surface area (Å²) < 4.78 is 8.88. The molecule has 0 fully saturated rings. The standard InChI is InChI=1S/C5H7N3O3/c1-10-5(9)4-7-3(2-6)11-8-4/h2,6H2,1H3. The molecule has 1 aromatic heterocycles. The highest BCUT2D eigenvalue weighted by Crippen LogP contribution is 1.96. The SMILES string of the molecule is COC(=O)c1noc(CN)n1. The lowest BCUT2D eigenvalue weighted by atomic mass is 10.6. The summed E-state index contributed by atoms with van der Waals surface area (Å²) in [4.78, 5) is 14.3. The minimum absolute atomic E-state index is 0.104. The van der Waals surface area contributed by atoms with Gasteiger partial charge in [0.15, 0.2) is 0 Å². The van der Waals surface area contributed by atoms with Gasteiger partial charge >= 0.3 is 5.97 Å². The Labute approximate surface area is 62.3 Å². The number of carbonyl (C=O) groups is 1. The maximum Gasteiger partial charge on any atom is 0.379 e. The molecule has 0 aromatic carbocycles. The molecule has 0 bridgehead atoms. The van der Waals surface area contributed by atoms with E-state index in [1.54, 1.807) is 0 Å². The van der Waals surface area contributed by atoms with Crippen LogP contribution in [0.5, 0.6) is 0 Å².